The molecule has 0 unspecified atom stereocenters. The first kappa shape index (κ1) is 23.6. The van der Waals surface area contributed by atoms with Crippen molar-refractivity contribution >= 4 is 17.5 Å². The highest BCUT2D eigenvalue weighted by molar-refractivity contribution is 5.90. The number of hydrogen-bond donors (Lipinski definition) is 2. The van der Waals surface area contributed by atoms with Gasteiger partial charge in [0.05, 0.1) is 21.3 Å². The van der Waals surface area contributed by atoms with Crippen molar-refractivity contribution < 1.29 is 23.8 Å². The molecule has 9 nitrogen and oxygen atoms in total. The lowest BCUT2D eigenvalue weighted by molar-refractivity contribution is -0.121. The fourth-order valence-corrected chi connectivity index (χ4v) is 3.33. The molecule has 0 spiro atoms. The molecule has 0 saturated heterocycles. The minimum atomic E-state index is -0.176. The van der Waals surface area contributed by atoms with E-state index in [2.05, 4.69) is 15.7 Å². The van der Waals surface area contributed by atoms with Crippen LogP contribution in [0.2, 0.25) is 0 Å². The third kappa shape index (κ3) is 6.73. The minimum Gasteiger partial charge on any atom is -0.493 e. The van der Waals surface area contributed by atoms with Crippen molar-refractivity contribution in [2.45, 2.75) is 25.9 Å². The average Bonchev–Trinajstić information content (AvgIpc) is 3.33. The van der Waals surface area contributed by atoms with E-state index in [1.807, 2.05) is 30.3 Å². The smallest absolute Gasteiger partial charge is 0.246 e. The number of carbonyl (C=O) groups is 2. The lowest BCUT2D eigenvalue weighted by atomic mass is 10.1. The first-order valence-electron chi connectivity index (χ1n) is 10.4. The molecular weight excluding hydrogens is 424 g/mol. The summed E-state index contributed by atoms with van der Waals surface area (Å²) in [4.78, 5) is 24.5. The van der Waals surface area contributed by atoms with Crippen LogP contribution < -0.4 is 24.8 Å². The molecule has 0 saturated carbocycles. The first-order valence-corrected chi connectivity index (χ1v) is 10.4. The Balaban J connectivity index is 1.51. The number of amides is 2. The Morgan fingerprint density at radius 2 is 1.70 bits per heavy atom. The maximum absolute atomic E-state index is 12.4. The van der Waals surface area contributed by atoms with Crippen LogP contribution in [0.5, 0.6) is 17.2 Å². The number of methoxy groups -OCH3 is 3. The van der Waals surface area contributed by atoms with Crippen molar-refractivity contribution in [1.29, 1.82) is 0 Å². The summed E-state index contributed by atoms with van der Waals surface area (Å²) in [6, 6.07) is 12.8. The van der Waals surface area contributed by atoms with E-state index in [9.17, 15) is 9.59 Å². The predicted molar refractivity (Wildman–Crippen MR) is 124 cm³/mol. The lowest BCUT2D eigenvalue weighted by Gasteiger charge is -2.14. The summed E-state index contributed by atoms with van der Waals surface area (Å²) in [6.45, 7) is 0.492. The van der Waals surface area contributed by atoms with Gasteiger partial charge in [0.1, 0.15) is 6.54 Å². The van der Waals surface area contributed by atoms with Gasteiger partial charge < -0.3 is 24.8 Å². The van der Waals surface area contributed by atoms with Gasteiger partial charge >= 0.3 is 0 Å². The van der Waals surface area contributed by atoms with Crippen LogP contribution in [0.3, 0.4) is 0 Å². The molecule has 0 radical (unpaired) electrons. The summed E-state index contributed by atoms with van der Waals surface area (Å²) >= 11 is 0. The summed E-state index contributed by atoms with van der Waals surface area (Å²) in [5.74, 6) is 1.37. The van der Waals surface area contributed by atoms with Gasteiger partial charge in [-0.2, -0.15) is 5.10 Å². The minimum absolute atomic E-state index is 0.0862. The van der Waals surface area contributed by atoms with Crippen LogP contribution in [-0.2, 0) is 29.1 Å². The molecular formula is C24H28N4O5. The van der Waals surface area contributed by atoms with E-state index >= 15 is 0 Å². The molecule has 3 rings (SSSR count). The summed E-state index contributed by atoms with van der Waals surface area (Å²) in [7, 11) is 4.66. The average molecular weight is 453 g/mol. The largest absolute Gasteiger partial charge is 0.493 e. The summed E-state index contributed by atoms with van der Waals surface area (Å²) in [5, 5.41) is 9.77. The van der Waals surface area contributed by atoms with Crippen LogP contribution in [0.4, 0.5) is 5.69 Å². The molecule has 0 aliphatic rings. The fourth-order valence-electron chi connectivity index (χ4n) is 3.33. The van der Waals surface area contributed by atoms with Crippen molar-refractivity contribution in [2.75, 3.05) is 26.6 Å². The van der Waals surface area contributed by atoms with E-state index in [0.717, 1.165) is 11.1 Å². The van der Waals surface area contributed by atoms with E-state index < -0.39 is 0 Å². The lowest BCUT2D eigenvalue weighted by Crippen LogP contribution is -2.23. The SMILES string of the molecule is COc1cc(CCC(=O)NCc2cccc(NC(=O)Cn3cccn3)c2)cc(OC)c1OC. The monoisotopic (exact) mass is 452 g/mol. The Bertz CT molecular complexity index is 1060. The van der Waals surface area contributed by atoms with Gasteiger partial charge in [-0.15, -0.1) is 0 Å². The van der Waals surface area contributed by atoms with Crippen molar-refractivity contribution in [3.05, 3.63) is 66.0 Å². The molecule has 33 heavy (non-hydrogen) atoms. The molecule has 0 atom stereocenters. The molecule has 0 aliphatic heterocycles. The van der Waals surface area contributed by atoms with Crippen molar-refractivity contribution in [3.63, 3.8) is 0 Å². The van der Waals surface area contributed by atoms with Gasteiger partial charge in [0.25, 0.3) is 0 Å². The summed E-state index contributed by atoms with van der Waals surface area (Å²) in [6.07, 6.45) is 4.17. The van der Waals surface area contributed by atoms with E-state index in [1.165, 1.54) is 0 Å². The Hall–Kier alpha value is -4.01. The highest BCUT2D eigenvalue weighted by atomic mass is 16.5. The second-order valence-electron chi connectivity index (χ2n) is 7.26. The topological polar surface area (TPSA) is 104 Å². The Labute approximate surface area is 192 Å². The maximum Gasteiger partial charge on any atom is 0.246 e. The molecule has 1 aromatic heterocycles. The van der Waals surface area contributed by atoms with E-state index in [0.29, 0.717) is 42.3 Å². The number of carbonyl (C=O) groups excluding carboxylic acids is 2. The molecule has 2 amide bonds. The molecule has 0 aliphatic carbocycles. The van der Waals surface area contributed by atoms with Crippen LogP contribution in [-0.4, -0.2) is 42.9 Å². The second kappa shape index (κ2) is 11.6. The molecule has 1 heterocycles. The zero-order valence-electron chi connectivity index (χ0n) is 19.0. The van der Waals surface area contributed by atoms with E-state index in [-0.39, 0.29) is 18.4 Å². The van der Waals surface area contributed by atoms with Gasteiger partial charge in [0.15, 0.2) is 11.5 Å². The van der Waals surface area contributed by atoms with Crippen molar-refractivity contribution in [1.82, 2.24) is 15.1 Å². The number of aryl methyl sites for hydroxylation is 1. The fraction of sp³-hybridized carbons (Fsp3) is 0.292. The highest BCUT2D eigenvalue weighted by Gasteiger charge is 2.14. The molecule has 2 aromatic carbocycles. The number of rotatable bonds is 11. The second-order valence-corrected chi connectivity index (χ2v) is 7.26. The molecule has 3 aromatic rings. The highest BCUT2D eigenvalue weighted by Crippen LogP contribution is 2.38. The quantitative estimate of drug-likeness (QED) is 0.464. The molecule has 0 bridgehead atoms. The number of nitrogens with one attached hydrogen (secondary N) is 2. The third-order valence-corrected chi connectivity index (χ3v) is 4.93. The van der Waals surface area contributed by atoms with Gasteiger partial charge in [-0.05, 0) is 47.9 Å². The zero-order valence-corrected chi connectivity index (χ0v) is 19.0. The predicted octanol–water partition coefficient (Wildman–Crippen LogP) is 2.80. The first-order chi connectivity index (χ1) is 16.0. The van der Waals surface area contributed by atoms with Crippen LogP contribution in [0.1, 0.15) is 17.5 Å². The van der Waals surface area contributed by atoms with Gasteiger partial charge in [-0.3, -0.25) is 14.3 Å². The van der Waals surface area contributed by atoms with Gasteiger partial charge in [-0.1, -0.05) is 12.1 Å². The van der Waals surface area contributed by atoms with Crippen LogP contribution in [0.25, 0.3) is 0 Å². The molecule has 9 heteroatoms. The number of nitrogens with zero attached hydrogens (tertiary/aromatic N) is 2. The van der Waals surface area contributed by atoms with E-state index in [4.69, 9.17) is 14.2 Å². The standard InChI is InChI=1S/C24H28N4O5/c1-31-20-13-17(14-21(32-2)24(20)33-3)8-9-22(29)25-15-18-6-4-7-19(12-18)27-23(30)16-28-11-5-10-26-28/h4-7,10-14H,8-9,15-16H2,1-3H3,(H,25,29)(H,27,30). The van der Waals surface area contributed by atoms with E-state index in [1.54, 1.807) is 50.5 Å². The van der Waals surface area contributed by atoms with Gasteiger partial charge in [0, 0.05) is 31.0 Å². The summed E-state index contributed by atoms with van der Waals surface area (Å²) in [5.41, 5.74) is 2.45. The van der Waals surface area contributed by atoms with Crippen molar-refractivity contribution in [3.8, 4) is 17.2 Å². The van der Waals surface area contributed by atoms with Crippen LogP contribution >= 0.6 is 0 Å². The number of hydrogen-bond acceptors (Lipinski definition) is 6. The molecule has 2 N–H and O–H groups in total. The number of benzene rings is 2. The Kier molecular flexibility index (Phi) is 8.29. The Morgan fingerprint density at radius 1 is 0.939 bits per heavy atom. The third-order valence-electron chi connectivity index (χ3n) is 4.93. The van der Waals surface area contributed by atoms with Gasteiger partial charge in [-0.25, -0.2) is 0 Å². The number of anilines is 1. The van der Waals surface area contributed by atoms with Crippen molar-refractivity contribution in [2.24, 2.45) is 0 Å². The zero-order chi connectivity index (χ0) is 23.6. The molecule has 174 valence electrons. The summed E-state index contributed by atoms with van der Waals surface area (Å²) < 4.78 is 17.6. The normalized spacial score (nSPS) is 10.4. The maximum atomic E-state index is 12.4. The van der Waals surface area contributed by atoms with Gasteiger partial charge in [0.2, 0.25) is 17.6 Å². The Morgan fingerprint density at radius 3 is 2.33 bits per heavy atom. The molecule has 0 fully saturated rings. The van der Waals surface area contributed by atoms with Crippen LogP contribution in [0, 0.1) is 0 Å². The number of ether oxygens (including phenoxy) is 3. The van der Waals surface area contributed by atoms with Crippen LogP contribution in [0.15, 0.2) is 54.9 Å². The number of aromatic nitrogens is 2.